The number of nitriles is 1. The Morgan fingerprint density at radius 1 is 1.26 bits per heavy atom. The van der Waals surface area contributed by atoms with E-state index in [2.05, 4.69) is 21.1 Å². The quantitative estimate of drug-likeness (QED) is 0.571. The van der Waals surface area contributed by atoms with Crippen LogP contribution in [0.3, 0.4) is 0 Å². The number of ether oxygens (including phenoxy) is 2. The van der Waals surface area contributed by atoms with Crippen molar-refractivity contribution in [2.24, 2.45) is 0 Å². The first-order chi connectivity index (χ1) is 13.1. The van der Waals surface area contributed by atoms with Gasteiger partial charge in [-0.05, 0) is 44.8 Å². The smallest absolute Gasteiger partial charge is 0.159 e. The lowest BCUT2D eigenvalue weighted by Crippen LogP contribution is -2.15. The lowest BCUT2D eigenvalue weighted by Gasteiger charge is -2.14. The highest BCUT2D eigenvalue weighted by Crippen LogP contribution is 2.36. The molecule has 3 rings (SSSR count). The van der Waals surface area contributed by atoms with Crippen molar-refractivity contribution < 1.29 is 9.47 Å². The van der Waals surface area contributed by atoms with Crippen molar-refractivity contribution in [3.05, 3.63) is 36.5 Å². The lowest BCUT2D eigenvalue weighted by molar-refractivity contribution is 0.281. The Bertz CT molecular complexity index is 959. The number of fused-ring (bicyclic) bond motifs is 1. The standard InChI is InChI=1S/C20H23N5O2/c1-24(2)11-5-13-27-18-14-15(26-3)7-8-16(18)19-17-6-4-10-22-20(17)25(23-19)12-9-21/h4,6-8,10,14H,5,11-13H2,1-3H3. The summed E-state index contributed by atoms with van der Waals surface area (Å²) in [6.07, 6.45) is 2.61. The van der Waals surface area contributed by atoms with Crippen LogP contribution in [0.1, 0.15) is 6.42 Å². The molecular formula is C20H23N5O2. The molecule has 0 radical (unpaired) electrons. The lowest BCUT2D eigenvalue weighted by atomic mass is 10.1. The Kier molecular flexibility index (Phi) is 5.89. The molecule has 0 unspecified atom stereocenters. The summed E-state index contributed by atoms with van der Waals surface area (Å²) in [5.74, 6) is 1.43. The van der Waals surface area contributed by atoms with Gasteiger partial charge in [0.2, 0.25) is 0 Å². The summed E-state index contributed by atoms with van der Waals surface area (Å²) >= 11 is 0. The zero-order chi connectivity index (χ0) is 19.2. The van der Waals surface area contributed by atoms with Gasteiger partial charge in [-0.25, -0.2) is 9.67 Å². The second-order valence-corrected chi connectivity index (χ2v) is 6.41. The number of rotatable bonds is 8. The molecule has 2 aromatic heterocycles. The van der Waals surface area contributed by atoms with E-state index in [1.54, 1.807) is 18.0 Å². The van der Waals surface area contributed by atoms with Crippen LogP contribution in [-0.4, -0.2) is 54.0 Å². The second-order valence-electron chi connectivity index (χ2n) is 6.41. The number of benzene rings is 1. The summed E-state index contributed by atoms with van der Waals surface area (Å²) < 4.78 is 13.0. The summed E-state index contributed by atoms with van der Waals surface area (Å²) in [5.41, 5.74) is 2.29. The third-order valence-corrected chi connectivity index (χ3v) is 4.18. The topological polar surface area (TPSA) is 76.2 Å². The Morgan fingerprint density at radius 3 is 2.85 bits per heavy atom. The molecule has 0 aliphatic carbocycles. The summed E-state index contributed by atoms with van der Waals surface area (Å²) in [4.78, 5) is 6.51. The highest BCUT2D eigenvalue weighted by Gasteiger charge is 2.17. The number of nitrogens with zero attached hydrogens (tertiary/aromatic N) is 5. The molecule has 0 bridgehead atoms. The minimum atomic E-state index is 0.142. The second kappa shape index (κ2) is 8.52. The number of pyridine rings is 1. The molecule has 1 aromatic carbocycles. The molecule has 0 spiro atoms. The zero-order valence-electron chi connectivity index (χ0n) is 15.8. The summed E-state index contributed by atoms with van der Waals surface area (Å²) in [6, 6.07) is 11.6. The van der Waals surface area contributed by atoms with E-state index < -0.39 is 0 Å². The molecule has 0 fully saturated rings. The van der Waals surface area contributed by atoms with Gasteiger partial charge >= 0.3 is 0 Å². The highest BCUT2D eigenvalue weighted by molar-refractivity contribution is 5.93. The van der Waals surface area contributed by atoms with Gasteiger partial charge in [-0.1, -0.05) is 0 Å². The molecule has 27 heavy (non-hydrogen) atoms. The van der Waals surface area contributed by atoms with Crippen LogP contribution in [0.15, 0.2) is 36.5 Å². The van der Waals surface area contributed by atoms with E-state index in [1.807, 2.05) is 44.4 Å². The molecule has 2 heterocycles. The van der Waals surface area contributed by atoms with E-state index in [9.17, 15) is 0 Å². The van der Waals surface area contributed by atoms with E-state index in [4.69, 9.17) is 14.7 Å². The average Bonchev–Trinajstić information content (AvgIpc) is 3.04. The van der Waals surface area contributed by atoms with Crippen molar-refractivity contribution in [2.45, 2.75) is 13.0 Å². The van der Waals surface area contributed by atoms with Crippen LogP contribution in [0, 0.1) is 11.3 Å². The Morgan fingerprint density at radius 2 is 2.11 bits per heavy atom. The monoisotopic (exact) mass is 365 g/mol. The van der Waals surface area contributed by atoms with Crippen LogP contribution in [0.2, 0.25) is 0 Å². The number of aromatic nitrogens is 3. The molecule has 0 atom stereocenters. The van der Waals surface area contributed by atoms with E-state index in [0.717, 1.165) is 35.4 Å². The third-order valence-electron chi connectivity index (χ3n) is 4.18. The first-order valence-corrected chi connectivity index (χ1v) is 8.78. The van der Waals surface area contributed by atoms with E-state index in [-0.39, 0.29) is 6.54 Å². The van der Waals surface area contributed by atoms with Gasteiger partial charge < -0.3 is 14.4 Å². The predicted molar refractivity (Wildman–Crippen MR) is 104 cm³/mol. The van der Waals surface area contributed by atoms with E-state index in [1.165, 1.54) is 0 Å². The SMILES string of the molecule is COc1ccc(-c2nn(CC#N)c3ncccc23)c(OCCCN(C)C)c1. The van der Waals surface area contributed by atoms with Crippen LogP contribution < -0.4 is 9.47 Å². The van der Waals surface area contributed by atoms with Crippen molar-refractivity contribution in [1.29, 1.82) is 5.26 Å². The molecule has 3 aromatic rings. The van der Waals surface area contributed by atoms with Gasteiger partial charge in [0.05, 0.1) is 19.8 Å². The molecule has 7 heteroatoms. The van der Waals surface area contributed by atoms with E-state index in [0.29, 0.717) is 18.0 Å². The maximum Gasteiger partial charge on any atom is 0.159 e. The predicted octanol–water partition coefficient (Wildman–Crippen LogP) is 2.96. The van der Waals surface area contributed by atoms with Gasteiger partial charge in [-0.2, -0.15) is 10.4 Å². The average molecular weight is 365 g/mol. The van der Waals surface area contributed by atoms with Crippen molar-refractivity contribution in [3.63, 3.8) is 0 Å². The van der Waals surface area contributed by atoms with Crippen LogP contribution in [0.5, 0.6) is 11.5 Å². The molecule has 0 aliphatic heterocycles. The number of hydrogen-bond donors (Lipinski definition) is 0. The summed E-state index contributed by atoms with van der Waals surface area (Å²) in [5, 5.41) is 14.6. The zero-order valence-corrected chi connectivity index (χ0v) is 15.8. The van der Waals surface area contributed by atoms with Crippen LogP contribution >= 0.6 is 0 Å². The van der Waals surface area contributed by atoms with Crippen LogP contribution in [-0.2, 0) is 6.54 Å². The third kappa shape index (κ3) is 4.18. The fourth-order valence-electron chi connectivity index (χ4n) is 2.89. The molecule has 0 saturated heterocycles. The highest BCUT2D eigenvalue weighted by atomic mass is 16.5. The summed E-state index contributed by atoms with van der Waals surface area (Å²) in [6.45, 7) is 1.68. The first kappa shape index (κ1) is 18.7. The van der Waals surface area contributed by atoms with Gasteiger partial charge in [-0.15, -0.1) is 0 Å². The molecule has 140 valence electrons. The minimum Gasteiger partial charge on any atom is -0.497 e. The fourth-order valence-corrected chi connectivity index (χ4v) is 2.89. The van der Waals surface area contributed by atoms with Crippen molar-refractivity contribution in [3.8, 4) is 28.8 Å². The van der Waals surface area contributed by atoms with Crippen molar-refractivity contribution >= 4 is 11.0 Å². The van der Waals surface area contributed by atoms with Crippen LogP contribution in [0.4, 0.5) is 0 Å². The normalized spacial score (nSPS) is 10.9. The minimum absolute atomic E-state index is 0.142. The fraction of sp³-hybridized carbons (Fsp3) is 0.350. The van der Waals surface area contributed by atoms with Crippen molar-refractivity contribution in [2.75, 3.05) is 34.4 Å². The molecule has 0 saturated carbocycles. The maximum absolute atomic E-state index is 9.09. The molecule has 0 aliphatic rings. The maximum atomic E-state index is 9.09. The van der Waals surface area contributed by atoms with Gasteiger partial charge in [-0.3, -0.25) is 0 Å². The van der Waals surface area contributed by atoms with Gasteiger partial charge in [0.25, 0.3) is 0 Å². The number of hydrogen-bond acceptors (Lipinski definition) is 6. The Hall–Kier alpha value is -3.11. The number of methoxy groups -OCH3 is 1. The van der Waals surface area contributed by atoms with Gasteiger partial charge in [0.1, 0.15) is 23.7 Å². The van der Waals surface area contributed by atoms with Crippen molar-refractivity contribution in [1.82, 2.24) is 19.7 Å². The molecule has 0 amide bonds. The van der Waals surface area contributed by atoms with Crippen LogP contribution in [0.25, 0.3) is 22.3 Å². The van der Waals surface area contributed by atoms with Gasteiger partial charge in [0, 0.05) is 29.8 Å². The first-order valence-electron chi connectivity index (χ1n) is 8.78. The molecule has 7 nitrogen and oxygen atoms in total. The van der Waals surface area contributed by atoms with Gasteiger partial charge in [0.15, 0.2) is 5.65 Å². The summed E-state index contributed by atoms with van der Waals surface area (Å²) in [7, 11) is 5.71. The largest absolute Gasteiger partial charge is 0.497 e. The van der Waals surface area contributed by atoms with E-state index >= 15 is 0 Å². The Balaban J connectivity index is 2.01. The molecule has 0 N–H and O–H groups in total. The Labute approximate surface area is 158 Å². The molecular weight excluding hydrogens is 342 g/mol.